The van der Waals surface area contributed by atoms with Crippen molar-refractivity contribution in [2.45, 2.75) is 44.0 Å². The first-order valence-electron chi connectivity index (χ1n) is 10.8. The number of carbonyl (C=O) groups is 2. The van der Waals surface area contributed by atoms with Crippen LogP contribution in [0.3, 0.4) is 0 Å². The average Bonchev–Trinajstić information content (AvgIpc) is 2.82. The van der Waals surface area contributed by atoms with E-state index in [0.29, 0.717) is 18.4 Å². The molecule has 2 aromatic carbocycles. The number of Topliss-reactive ketones (excluding diaryl/α,β-unsaturated/α-hetero) is 1. The van der Waals surface area contributed by atoms with E-state index in [1.807, 2.05) is 31.2 Å². The first-order valence-corrected chi connectivity index (χ1v) is 12.3. The number of rotatable bonds is 8. The number of ether oxygens (including phenoxy) is 1. The van der Waals surface area contributed by atoms with Gasteiger partial charge >= 0.3 is 0 Å². The van der Waals surface area contributed by atoms with E-state index in [1.54, 1.807) is 7.11 Å². The lowest BCUT2D eigenvalue weighted by atomic mass is 9.95. The summed E-state index contributed by atoms with van der Waals surface area (Å²) in [4.78, 5) is 24.4. The molecule has 1 atom stereocenters. The SMILES string of the molecule is CC[C@@H](NC(=O)C1CCN(S(=O)(=O)c2ccc(C(C)=O)cc2)CC1)c1ccc(OC)cc1. The largest absolute Gasteiger partial charge is 0.497 e. The number of amides is 1. The average molecular weight is 459 g/mol. The van der Waals surface area contributed by atoms with E-state index in [9.17, 15) is 18.0 Å². The van der Waals surface area contributed by atoms with Gasteiger partial charge < -0.3 is 10.1 Å². The molecule has 1 heterocycles. The van der Waals surface area contributed by atoms with Crippen LogP contribution in [0.25, 0.3) is 0 Å². The summed E-state index contributed by atoms with van der Waals surface area (Å²) in [6.45, 7) is 4.03. The van der Waals surface area contributed by atoms with E-state index in [-0.39, 0.29) is 41.6 Å². The summed E-state index contributed by atoms with van der Waals surface area (Å²) in [7, 11) is -2.04. The number of carbonyl (C=O) groups excluding carboxylic acids is 2. The van der Waals surface area contributed by atoms with Crippen LogP contribution >= 0.6 is 0 Å². The van der Waals surface area contributed by atoms with Crippen molar-refractivity contribution in [3.05, 3.63) is 59.7 Å². The number of sulfonamides is 1. The van der Waals surface area contributed by atoms with Gasteiger partial charge in [0.1, 0.15) is 5.75 Å². The molecule has 3 rings (SSSR count). The molecule has 1 aliphatic rings. The molecule has 1 amide bonds. The van der Waals surface area contributed by atoms with Gasteiger partial charge in [-0.2, -0.15) is 4.31 Å². The lowest BCUT2D eigenvalue weighted by molar-refractivity contribution is -0.126. The molecule has 0 bridgehead atoms. The summed E-state index contributed by atoms with van der Waals surface area (Å²) in [5, 5.41) is 3.11. The van der Waals surface area contributed by atoms with Gasteiger partial charge in [0.15, 0.2) is 5.78 Å². The zero-order chi connectivity index (χ0) is 23.3. The first kappa shape index (κ1) is 23.9. The number of nitrogens with one attached hydrogen (secondary N) is 1. The van der Waals surface area contributed by atoms with Crippen molar-refractivity contribution in [2.24, 2.45) is 5.92 Å². The minimum absolute atomic E-state index is 0.0458. The Morgan fingerprint density at radius 3 is 2.16 bits per heavy atom. The molecule has 7 nitrogen and oxygen atoms in total. The van der Waals surface area contributed by atoms with Gasteiger partial charge in [0, 0.05) is 24.6 Å². The molecule has 8 heteroatoms. The maximum absolute atomic E-state index is 12.9. The van der Waals surface area contributed by atoms with Crippen molar-refractivity contribution >= 4 is 21.7 Å². The molecule has 1 fully saturated rings. The minimum Gasteiger partial charge on any atom is -0.497 e. The van der Waals surface area contributed by atoms with Gasteiger partial charge in [0.25, 0.3) is 0 Å². The van der Waals surface area contributed by atoms with E-state index in [2.05, 4.69) is 5.32 Å². The van der Waals surface area contributed by atoms with Crippen LogP contribution in [0.4, 0.5) is 0 Å². The highest BCUT2D eigenvalue weighted by atomic mass is 32.2. The van der Waals surface area contributed by atoms with E-state index < -0.39 is 10.0 Å². The zero-order valence-electron chi connectivity index (χ0n) is 18.7. The van der Waals surface area contributed by atoms with Crippen molar-refractivity contribution < 1.29 is 22.7 Å². The van der Waals surface area contributed by atoms with Crippen molar-refractivity contribution in [2.75, 3.05) is 20.2 Å². The number of benzene rings is 2. The molecule has 1 saturated heterocycles. The van der Waals surface area contributed by atoms with E-state index >= 15 is 0 Å². The Morgan fingerprint density at radius 2 is 1.66 bits per heavy atom. The topological polar surface area (TPSA) is 92.8 Å². The van der Waals surface area contributed by atoms with Gasteiger partial charge in [-0.05, 0) is 56.0 Å². The van der Waals surface area contributed by atoms with Crippen molar-refractivity contribution in [1.82, 2.24) is 9.62 Å². The second-order valence-corrected chi connectivity index (χ2v) is 9.94. The number of hydrogen-bond donors (Lipinski definition) is 1. The van der Waals surface area contributed by atoms with Crippen LogP contribution in [0.15, 0.2) is 53.4 Å². The molecule has 0 aliphatic carbocycles. The Bertz CT molecular complexity index is 1040. The second-order valence-electron chi connectivity index (χ2n) is 8.00. The third-order valence-electron chi connectivity index (χ3n) is 5.97. The molecule has 0 saturated carbocycles. The normalized spacial score (nSPS) is 16.3. The molecule has 1 N–H and O–H groups in total. The molecule has 172 valence electrons. The summed E-state index contributed by atoms with van der Waals surface area (Å²) >= 11 is 0. The maximum atomic E-state index is 12.9. The Morgan fingerprint density at radius 1 is 1.06 bits per heavy atom. The van der Waals surface area contributed by atoms with Crippen molar-refractivity contribution in [3.63, 3.8) is 0 Å². The highest BCUT2D eigenvalue weighted by Crippen LogP contribution is 2.26. The lowest BCUT2D eigenvalue weighted by Crippen LogP contribution is -2.43. The second kappa shape index (κ2) is 10.3. The Hall–Kier alpha value is -2.71. The van der Waals surface area contributed by atoms with Crippen molar-refractivity contribution in [1.29, 1.82) is 0 Å². The monoisotopic (exact) mass is 458 g/mol. The quantitative estimate of drug-likeness (QED) is 0.611. The van der Waals surface area contributed by atoms with Crippen LogP contribution in [-0.2, 0) is 14.8 Å². The lowest BCUT2D eigenvalue weighted by Gasteiger charge is -2.31. The van der Waals surface area contributed by atoms with Crippen LogP contribution in [0.2, 0.25) is 0 Å². The molecule has 0 aromatic heterocycles. The maximum Gasteiger partial charge on any atom is 0.243 e. The number of nitrogens with zero attached hydrogens (tertiary/aromatic N) is 1. The van der Waals surface area contributed by atoms with Gasteiger partial charge in [-0.3, -0.25) is 9.59 Å². The van der Waals surface area contributed by atoms with Gasteiger partial charge in [0.2, 0.25) is 15.9 Å². The van der Waals surface area contributed by atoms with Crippen LogP contribution in [0.1, 0.15) is 55.1 Å². The smallest absolute Gasteiger partial charge is 0.243 e. The fraction of sp³-hybridized carbons (Fsp3) is 0.417. The molecule has 1 aliphatic heterocycles. The molecule has 0 radical (unpaired) electrons. The highest BCUT2D eigenvalue weighted by molar-refractivity contribution is 7.89. The van der Waals surface area contributed by atoms with E-state index in [1.165, 1.54) is 35.5 Å². The van der Waals surface area contributed by atoms with Gasteiger partial charge in [-0.1, -0.05) is 31.2 Å². The molecule has 0 unspecified atom stereocenters. The molecule has 2 aromatic rings. The third-order valence-corrected chi connectivity index (χ3v) is 7.88. The van der Waals surface area contributed by atoms with E-state index in [4.69, 9.17) is 4.74 Å². The molecule has 0 spiro atoms. The summed E-state index contributed by atoms with van der Waals surface area (Å²) in [6, 6.07) is 13.5. The zero-order valence-corrected chi connectivity index (χ0v) is 19.5. The molecular weight excluding hydrogens is 428 g/mol. The third kappa shape index (κ3) is 5.37. The summed E-state index contributed by atoms with van der Waals surface area (Å²) in [6.07, 6.45) is 1.69. The summed E-state index contributed by atoms with van der Waals surface area (Å²) in [5.74, 6) is 0.379. The summed E-state index contributed by atoms with van der Waals surface area (Å²) < 4.78 is 32.5. The van der Waals surface area contributed by atoms with Crippen molar-refractivity contribution in [3.8, 4) is 5.75 Å². The van der Waals surface area contributed by atoms with Crippen LogP contribution in [-0.4, -0.2) is 44.6 Å². The fourth-order valence-electron chi connectivity index (χ4n) is 3.92. The predicted octanol–water partition coefficient (Wildman–Crippen LogP) is 3.57. The van der Waals surface area contributed by atoms with Crippen LogP contribution in [0, 0.1) is 5.92 Å². The molecule has 32 heavy (non-hydrogen) atoms. The summed E-state index contributed by atoms with van der Waals surface area (Å²) in [5.41, 5.74) is 1.48. The number of ketones is 1. The van der Waals surface area contributed by atoms with E-state index in [0.717, 1.165) is 17.7 Å². The highest BCUT2D eigenvalue weighted by Gasteiger charge is 2.32. The Kier molecular flexibility index (Phi) is 7.69. The van der Waals surface area contributed by atoms with Gasteiger partial charge in [0.05, 0.1) is 18.0 Å². The minimum atomic E-state index is -3.65. The van der Waals surface area contributed by atoms with Crippen LogP contribution in [0.5, 0.6) is 5.75 Å². The number of methoxy groups -OCH3 is 1. The number of hydrogen-bond acceptors (Lipinski definition) is 5. The van der Waals surface area contributed by atoms with Gasteiger partial charge in [-0.25, -0.2) is 8.42 Å². The fourth-order valence-corrected chi connectivity index (χ4v) is 5.39. The Labute approximate surface area is 189 Å². The number of piperidine rings is 1. The molecular formula is C24H30N2O5S. The standard InChI is InChI=1S/C24H30N2O5S/c1-4-23(19-5-9-21(31-3)10-6-19)25-24(28)20-13-15-26(16-14-20)32(29,30)22-11-7-18(8-12-22)17(2)27/h5-12,20,23H,4,13-16H2,1-3H3,(H,25,28)/t23-/m1/s1. The first-order chi connectivity index (χ1) is 15.3. The van der Waals surface area contributed by atoms with Crippen LogP contribution < -0.4 is 10.1 Å². The Balaban J connectivity index is 1.60. The van der Waals surface area contributed by atoms with Gasteiger partial charge in [-0.15, -0.1) is 0 Å². The predicted molar refractivity (Wildman–Crippen MR) is 122 cm³/mol.